The molecule has 0 unspecified atom stereocenters. The van der Waals surface area contributed by atoms with Gasteiger partial charge in [-0.05, 0) is 6.92 Å². The summed E-state index contributed by atoms with van der Waals surface area (Å²) in [4.78, 5) is 20.9. The molecule has 0 aromatic heterocycles. The first-order chi connectivity index (χ1) is 5.11. The highest BCUT2D eigenvalue weighted by molar-refractivity contribution is 5.92. The summed E-state index contributed by atoms with van der Waals surface area (Å²) in [5, 5.41) is 8.44. The second kappa shape index (κ2) is 4.49. The minimum Gasteiger partial charge on any atom is -0.478 e. The van der Waals surface area contributed by atoms with E-state index in [1.807, 2.05) is 0 Å². The highest BCUT2D eigenvalue weighted by Crippen LogP contribution is 2.01. The van der Waals surface area contributed by atoms with Gasteiger partial charge in [0.05, 0.1) is 13.5 Å². The maximum absolute atomic E-state index is 10.6. The summed E-state index contributed by atoms with van der Waals surface area (Å²) in [7, 11) is 1.22. The van der Waals surface area contributed by atoms with Crippen LogP contribution in [0, 0.1) is 0 Å². The molecule has 0 fully saturated rings. The third-order valence-corrected chi connectivity index (χ3v) is 1.19. The Morgan fingerprint density at radius 1 is 1.55 bits per heavy atom. The number of hydrogen-bond donors (Lipinski definition) is 1. The first-order valence-corrected chi connectivity index (χ1v) is 3.07. The Morgan fingerprint density at radius 2 is 2.09 bits per heavy atom. The molecule has 62 valence electrons. The lowest BCUT2D eigenvalue weighted by Crippen LogP contribution is -2.08. The van der Waals surface area contributed by atoms with Crippen LogP contribution in [0.5, 0.6) is 0 Å². The average molecular weight is 158 g/mol. The van der Waals surface area contributed by atoms with E-state index >= 15 is 0 Å². The number of carbonyl (C=O) groups is 2. The molecular weight excluding hydrogens is 148 g/mol. The quantitative estimate of drug-likeness (QED) is 0.482. The van der Waals surface area contributed by atoms with Gasteiger partial charge in [-0.25, -0.2) is 4.79 Å². The van der Waals surface area contributed by atoms with Crippen LogP contribution in [0.25, 0.3) is 0 Å². The monoisotopic (exact) mass is 158 g/mol. The van der Waals surface area contributed by atoms with Crippen LogP contribution < -0.4 is 0 Å². The van der Waals surface area contributed by atoms with Crippen LogP contribution in [0.1, 0.15) is 13.3 Å². The molecule has 0 aliphatic rings. The highest BCUT2D eigenvalue weighted by Gasteiger charge is 2.10. The second-order valence-electron chi connectivity index (χ2n) is 1.87. The van der Waals surface area contributed by atoms with Gasteiger partial charge in [0, 0.05) is 5.57 Å². The minimum atomic E-state index is -1.09. The predicted octanol–water partition coefficient (Wildman–Crippen LogP) is 0.580. The first-order valence-electron chi connectivity index (χ1n) is 3.07. The standard InChI is InChI=1S/C7H10O4/c1-3-5(7(9)10)4-6(8)11-2/h3H,4H2,1-2H3,(H,9,10). The van der Waals surface area contributed by atoms with Gasteiger partial charge < -0.3 is 9.84 Å². The molecule has 0 saturated heterocycles. The Morgan fingerprint density at radius 3 is 2.36 bits per heavy atom. The van der Waals surface area contributed by atoms with E-state index in [0.29, 0.717) is 0 Å². The summed E-state index contributed by atoms with van der Waals surface area (Å²) < 4.78 is 4.29. The van der Waals surface area contributed by atoms with E-state index in [2.05, 4.69) is 4.74 Å². The fraction of sp³-hybridized carbons (Fsp3) is 0.429. The number of esters is 1. The smallest absolute Gasteiger partial charge is 0.331 e. The molecule has 0 amide bonds. The summed E-state index contributed by atoms with van der Waals surface area (Å²) in [6, 6.07) is 0. The van der Waals surface area contributed by atoms with Crippen molar-refractivity contribution >= 4 is 11.9 Å². The molecule has 0 aliphatic heterocycles. The number of allylic oxidation sites excluding steroid dienone is 1. The third kappa shape index (κ3) is 3.40. The number of carboxylic acid groups (broad SMARTS) is 1. The summed E-state index contributed by atoms with van der Waals surface area (Å²) >= 11 is 0. The van der Waals surface area contributed by atoms with E-state index in [0.717, 1.165) is 0 Å². The Bertz CT molecular complexity index is 193. The fourth-order valence-corrected chi connectivity index (χ4v) is 0.529. The number of carbonyl (C=O) groups excluding carboxylic acids is 1. The Kier molecular flexibility index (Phi) is 3.95. The van der Waals surface area contributed by atoms with Crippen molar-refractivity contribution in [2.24, 2.45) is 0 Å². The minimum absolute atomic E-state index is 0.0526. The Labute approximate surface area is 64.5 Å². The largest absolute Gasteiger partial charge is 0.478 e. The van der Waals surface area contributed by atoms with Crippen molar-refractivity contribution in [1.29, 1.82) is 0 Å². The average Bonchev–Trinajstić information content (AvgIpc) is 1.99. The number of carboxylic acids is 1. The molecule has 0 aromatic rings. The van der Waals surface area contributed by atoms with Gasteiger partial charge in [0.25, 0.3) is 0 Å². The van der Waals surface area contributed by atoms with Crippen LogP contribution in [-0.2, 0) is 14.3 Å². The van der Waals surface area contributed by atoms with Crippen LogP contribution >= 0.6 is 0 Å². The number of methoxy groups -OCH3 is 1. The topological polar surface area (TPSA) is 63.6 Å². The van der Waals surface area contributed by atoms with Gasteiger partial charge in [-0.15, -0.1) is 0 Å². The van der Waals surface area contributed by atoms with Crippen LogP contribution in [0.3, 0.4) is 0 Å². The van der Waals surface area contributed by atoms with Gasteiger partial charge in [0.1, 0.15) is 0 Å². The normalized spacial score (nSPS) is 10.9. The fourth-order valence-electron chi connectivity index (χ4n) is 0.529. The van der Waals surface area contributed by atoms with Crippen molar-refractivity contribution in [3.63, 3.8) is 0 Å². The SMILES string of the molecule is CC=C(CC(=O)OC)C(=O)O. The van der Waals surface area contributed by atoms with Gasteiger partial charge in [0.15, 0.2) is 0 Å². The molecule has 4 nitrogen and oxygen atoms in total. The van der Waals surface area contributed by atoms with E-state index < -0.39 is 11.9 Å². The molecule has 0 rings (SSSR count). The molecule has 0 heterocycles. The molecule has 11 heavy (non-hydrogen) atoms. The van der Waals surface area contributed by atoms with E-state index in [1.165, 1.54) is 13.2 Å². The maximum atomic E-state index is 10.6. The van der Waals surface area contributed by atoms with Crippen molar-refractivity contribution in [2.45, 2.75) is 13.3 Å². The lowest BCUT2D eigenvalue weighted by molar-refractivity contribution is -0.142. The highest BCUT2D eigenvalue weighted by atomic mass is 16.5. The van der Waals surface area contributed by atoms with Gasteiger partial charge in [-0.3, -0.25) is 4.79 Å². The number of rotatable bonds is 3. The summed E-state index contributed by atoms with van der Waals surface area (Å²) in [6.45, 7) is 1.56. The molecule has 0 atom stereocenters. The molecule has 1 N–H and O–H groups in total. The molecule has 0 radical (unpaired) electrons. The molecule has 0 saturated carbocycles. The van der Waals surface area contributed by atoms with E-state index in [4.69, 9.17) is 5.11 Å². The third-order valence-electron chi connectivity index (χ3n) is 1.19. The lowest BCUT2D eigenvalue weighted by Gasteiger charge is -1.98. The van der Waals surface area contributed by atoms with Crippen molar-refractivity contribution < 1.29 is 19.4 Å². The zero-order valence-electron chi connectivity index (χ0n) is 6.46. The Hall–Kier alpha value is -1.32. The summed E-state index contributed by atoms with van der Waals surface area (Å²) in [5.41, 5.74) is 0.0526. The van der Waals surface area contributed by atoms with E-state index in [1.54, 1.807) is 6.92 Å². The molecule has 0 aliphatic carbocycles. The maximum Gasteiger partial charge on any atom is 0.331 e. The van der Waals surface area contributed by atoms with Crippen LogP contribution in [0.2, 0.25) is 0 Å². The summed E-state index contributed by atoms with van der Waals surface area (Å²) in [6.07, 6.45) is 1.20. The molecule has 4 heteroatoms. The van der Waals surface area contributed by atoms with Crippen molar-refractivity contribution in [3.05, 3.63) is 11.6 Å². The molecule has 0 aromatic carbocycles. The molecular formula is C7H10O4. The van der Waals surface area contributed by atoms with Crippen LogP contribution in [-0.4, -0.2) is 24.2 Å². The zero-order valence-corrected chi connectivity index (χ0v) is 6.46. The first kappa shape index (κ1) is 9.68. The number of aliphatic carboxylic acids is 1. The lowest BCUT2D eigenvalue weighted by atomic mass is 10.2. The van der Waals surface area contributed by atoms with Crippen molar-refractivity contribution in [1.82, 2.24) is 0 Å². The predicted molar refractivity (Wildman–Crippen MR) is 38.0 cm³/mol. The summed E-state index contributed by atoms with van der Waals surface area (Å²) in [5.74, 6) is -1.63. The van der Waals surface area contributed by atoms with E-state index in [-0.39, 0.29) is 12.0 Å². The van der Waals surface area contributed by atoms with E-state index in [9.17, 15) is 9.59 Å². The van der Waals surface area contributed by atoms with Gasteiger partial charge in [-0.1, -0.05) is 6.08 Å². The number of hydrogen-bond acceptors (Lipinski definition) is 3. The number of ether oxygens (including phenoxy) is 1. The second-order valence-corrected chi connectivity index (χ2v) is 1.87. The zero-order chi connectivity index (χ0) is 8.85. The van der Waals surface area contributed by atoms with Crippen LogP contribution in [0.4, 0.5) is 0 Å². The van der Waals surface area contributed by atoms with Gasteiger partial charge in [-0.2, -0.15) is 0 Å². The molecule has 0 spiro atoms. The molecule has 0 bridgehead atoms. The van der Waals surface area contributed by atoms with Crippen LogP contribution in [0.15, 0.2) is 11.6 Å². The van der Waals surface area contributed by atoms with Gasteiger partial charge in [0.2, 0.25) is 0 Å². The van der Waals surface area contributed by atoms with Gasteiger partial charge >= 0.3 is 11.9 Å². The van der Waals surface area contributed by atoms with Crippen molar-refractivity contribution in [2.75, 3.05) is 7.11 Å². The van der Waals surface area contributed by atoms with Crippen molar-refractivity contribution in [3.8, 4) is 0 Å². The Balaban J connectivity index is 4.12.